The van der Waals surface area contributed by atoms with Crippen LogP contribution in [0.2, 0.25) is 5.02 Å². The van der Waals surface area contributed by atoms with Crippen molar-refractivity contribution < 1.29 is 14.3 Å². The fraction of sp³-hybridized carbons (Fsp3) is 0.484. The van der Waals surface area contributed by atoms with Crippen molar-refractivity contribution in [1.29, 1.82) is 0 Å². The first-order valence-corrected chi connectivity index (χ1v) is 14.4. The van der Waals surface area contributed by atoms with E-state index >= 15 is 0 Å². The summed E-state index contributed by atoms with van der Waals surface area (Å²) in [5, 5.41) is 3.70. The minimum atomic E-state index is -0.0932. The second-order valence-electron chi connectivity index (χ2n) is 11.5. The van der Waals surface area contributed by atoms with Crippen molar-refractivity contribution in [2.75, 3.05) is 57.7 Å². The van der Waals surface area contributed by atoms with Gasteiger partial charge in [0.2, 0.25) is 0 Å². The number of carbonyl (C=O) groups is 2. The maximum Gasteiger partial charge on any atom is 0.322 e. The van der Waals surface area contributed by atoms with Crippen LogP contribution in [0.25, 0.3) is 0 Å². The fourth-order valence-electron chi connectivity index (χ4n) is 6.10. The lowest BCUT2D eigenvalue weighted by molar-refractivity contribution is -0.135. The topological polar surface area (TPSA) is 65.1 Å². The van der Waals surface area contributed by atoms with E-state index in [1.165, 1.54) is 12.0 Å². The van der Waals surface area contributed by atoms with Crippen molar-refractivity contribution in [1.82, 2.24) is 14.7 Å². The third kappa shape index (κ3) is 6.59. The Morgan fingerprint density at radius 3 is 2.44 bits per heavy atom. The van der Waals surface area contributed by atoms with E-state index in [-0.39, 0.29) is 18.5 Å². The van der Waals surface area contributed by atoms with E-state index in [1.807, 2.05) is 52.3 Å². The molecule has 1 N–H and O–H groups in total. The number of nitrogens with zero attached hydrogens (tertiary/aromatic N) is 3. The highest BCUT2D eigenvalue weighted by atomic mass is 35.5. The van der Waals surface area contributed by atoms with Gasteiger partial charge in [-0.15, -0.1) is 0 Å². The van der Waals surface area contributed by atoms with Gasteiger partial charge in [-0.25, -0.2) is 4.79 Å². The molecule has 2 unspecified atom stereocenters. The number of anilines is 1. The normalized spacial score (nSPS) is 21.9. The van der Waals surface area contributed by atoms with Gasteiger partial charge < -0.3 is 19.9 Å². The average molecular weight is 551 g/mol. The van der Waals surface area contributed by atoms with Gasteiger partial charge in [0, 0.05) is 56.5 Å². The molecule has 7 nitrogen and oxygen atoms in total. The summed E-state index contributed by atoms with van der Waals surface area (Å²) in [7, 11) is 0. The molecule has 2 fully saturated rings. The zero-order valence-electron chi connectivity index (χ0n) is 22.9. The zero-order valence-corrected chi connectivity index (χ0v) is 23.7. The third-order valence-electron chi connectivity index (χ3n) is 8.86. The maximum atomic E-state index is 13.4. The van der Waals surface area contributed by atoms with Gasteiger partial charge in [-0.05, 0) is 66.5 Å². The van der Waals surface area contributed by atoms with E-state index < -0.39 is 0 Å². The number of fused-ring (bicyclic) bond motifs is 1. The Hall–Kier alpha value is -3.03. The largest absolute Gasteiger partial charge is 0.484 e. The number of urea groups is 1. The first-order valence-electron chi connectivity index (χ1n) is 14.0. The Morgan fingerprint density at radius 1 is 1.05 bits per heavy atom. The molecule has 1 heterocycles. The van der Waals surface area contributed by atoms with Crippen molar-refractivity contribution in [3.05, 3.63) is 71.3 Å². The summed E-state index contributed by atoms with van der Waals surface area (Å²) in [5.41, 5.74) is 2.44. The number of nitrogens with one attached hydrogen (secondary N) is 1. The summed E-state index contributed by atoms with van der Waals surface area (Å²) in [4.78, 5) is 32.2. The van der Waals surface area contributed by atoms with Crippen LogP contribution in [0.1, 0.15) is 26.7 Å². The van der Waals surface area contributed by atoms with Gasteiger partial charge in [0.05, 0.1) is 0 Å². The lowest BCUT2D eigenvalue weighted by Gasteiger charge is -2.57. The summed E-state index contributed by atoms with van der Waals surface area (Å²) in [5.74, 6) is 2.03. The number of hydrogen-bond donors (Lipinski definition) is 1. The van der Waals surface area contributed by atoms with Crippen molar-refractivity contribution in [2.45, 2.75) is 26.7 Å². The van der Waals surface area contributed by atoms with E-state index in [1.54, 1.807) is 12.1 Å². The molecule has 4 aliphatic rings. The second kappa shape index (κ2) is 12.0. The van der Waals surface area contributed by atoms with Crippen LogP contribution in [-0.4, -0.2) is 79.1 Å². The first kappa shape index (κ1) is 27.5. The highest BCUT2D eigenvalue weighted by Gasteiger charge is 2.51. The zero-order chi connectivity index (χ0) is 27.4. The molecule has 3 aliphatic carbocycles. The predicted molar refractivity (Wildman–Crippen MR) is 155 cm³/mol. The third-order valence-corrected chi connectivity index (χ3v) is 9.11. The van der Waals surface area contributed by atoms with Crippen LogP contribution in [0, 0.1) is 17.3 Å². The SMILES string of the molecule is CC1(C)C2CC=C(CN(CCN3CCN(C(=O)COc4ccccc4)CC3)C(=O)Nc3ccc(Cl)cc3)C1C2. The quantitative estimate of drug-likeness (QED) is 0.425. The summed E-state index contributed by atoms with van der Waals surface area (Å²) >= 11 is 6.03. The molecule has 0 spiro atoms. The van der Waals surface area contributed by atoms with Crippen LogP contribution in [0.4, 0.5) is 10.5 Å². The molecule has 2 aromatic carbocycles. The number of hydrogen-bond acceptors (Lipinski definition) is 4. The molecule has 39 heavy (non-hydrogen) atoms. The van der Waals surface area contributed by atoms with Crippen LogP contribution < -0.4 is 10.1 Å². The van der Waals surface area contributed by atoms with Crippen molar-refractivity contribution in [3.63, 3.8) is 0 Å². The summed E-state index contributed by atoms with van der Waals surface area (Å²) in [6.45, 7) is 9.71. The number of para-hydroxylation sites is 1. The molecule has 1 saturated carbocycles. The highest BCUT2D eigenvalue weighted by molar-refractivity contribution is 6.30. The van der Waals surface area contributed by atoms with Crippen LogP contribution in [0.3, 0.4) is 0 Å². The van der Waals surface area contributed by atoms with Gasteiger partial charge in [-0.1, -0.05) is 55.3 Å². The number of halogens is 1. The molecule has 1 aliphatic heterocycles. The minimum Gasteiger partial charge on any atom is -0.484 e. The molecule has 1 saturated heterocycles. The summed E-state index contributed by atoms with van der Waals surface area (Å²) in [6.07, 6.45) is 4.71. The number of ether oxygens (including phenoxy) is 1. The number of benzene rings is 2. The van der Waals surface area contributed by atoms with Crippen molar-refractivity contribution >= 4 is 29.2 Å². The lowest BCUT2D eigenvalue weighted by Crippen LogP contribution is -2.53. The van der Waals surface area contributed by atoms with E-state index in [0.29, 0.717) is 48.3 Å². The molecule has 8 heteroatoms. The van der Waals surface area contributed by atoms with Gasteiger partial charge in [0.1, 0.15) is 5.75 Å². The maximum absolute atomic E-state index is 13.4. The van der Waals surface area contributed by atoms with Crippen molar-refractivity contribution in [3.8, 4) is 5.75 Å². The van der Waals surface area contributed by atoms with Crippen LogP contribution in [0.15, 0.2) is 66.2 Å². The van der Waals surface area contributed by atoms with E-state index in [2.05, 4.69) is 30.1 Å². The molecule has 208 valence electrons. The van der Waals surface area contributed by atoms with Gasteiger partial charge in [-0.2, -0.15) is 0 Å². The number of piperazine rings is 1. The fourth-order valence-corrected chi connectivity index (χ4v) is 6.23. The Morgan fingerprint density at radius 2 is 1.77 bits per heavy atom. The number of amides is 3. The molecular formula is C31H39ClN4O3. The smallest absolute Gasteiger partial charge is 0.322 e. The number of allylic oxidation sites excluding steroid dienone is 1. The molecule has 0 aromatic heterocycles. The van der Waals surface area contributed by atoms with Gasteiger partial charge in [-0.3, -0.25) is 9.69 Å². The van der Waals surface area contributed by atoms with E-state index in [9.17, 15) is 9.59 Å². The lowest BCUT2D eigenvalue weighted by atomic mass is 9.49. The standard InChI is InChI=1S/C31H39ClN4O3/c1-31(2)24-9-8-23(28(31)20-24)21-36(30(38)33-26-12-10-25(32)11-13-26)19-16-34-14-17-35(18-15-34)29(37)22-39-27-6-4-3-5-7-27/h3-8,10-13,24,28H,9,14-22H2,1-2H3,(H,33,38). The van der Waals surface area contributed by atoms with Gasteiger partial charge >= 0.3 is 6.03 Å². The predicted octanol–water partition coefficient (Wildman–Crippen LogP) is 5.39. The second-order valence-corrected chi connectivity index (χ2v) is 11.9. The number of carbonyl (C=O) groups excluding carboxylic acids is 2. The Labute approximate surface area is 236 Å². The highest BCUT2D eigenvalue weighted by Crippen LogP contribution is 2.59. The van der Waals surface area contributed by atoms with E-state index in [0.717, 1.165) is 37.7 Å². The first-order chi connectivity index (χ1) is 18.8. The Balaban J connectivity index is 1.15. The van der Waals surface area contributed by atoms with Gasteiger partial charge in [0.25, 0.3) is 5.91 Å². The molecule has 2 atom stereocenters. The van der Waals surface area contributed by atoms with E-state index in [4.69, 9.17) is 16.3 Å². The molecule has 2 aromatic rings. The monoisotopic (exact) mass is 550 g/mol. The summed E-state index contributed by atoms with van der Waals surface area (Å²) in [6, 6.07) is 16.6. The molecule has 2 bridgehead atoms. The average Bonchev–Trinajstić information content (AvgIpc) is 2.96. The summed E-state index contributed by atoms with van der Waals surface area (Å²) < 4.78 is 5.64. The minimum absolute atomic E-state index is 0.00752. The van der Waals surface area contributed by atoms with Gasteiger partial charge in [0.15, 0.2) is 6.61 Å². The van der Waals surface area contributed by atoms with Crippen LogP contribution in [0.5, 0.6) is 5.75 Å². The Bertz CT molecular complexity index is 1180. The molecule has 0 radical (unpaired) electrons. The molecular weight excluding hydrogens is 512 g/mol. The number of rotatable bonds is 9. The molecule has 3 amide bonds. The van der Waals surface area contributed by atoms with Crippen molar-refractivity contribution in [2.24, 2.45) is 17.3 Å². The Kier molecular flexibility index (Phi) is 8.48. The van der Waals surface area contributed by atoms with Crippen LogP contribution in [-0.2, 0) is 4.79 Å². The molecule has 6 rings (SSSR count). The van der Waals surface area contributed by atoms with Crippen LogP contribution >= 0.6 is 11.6 Å².